The van der Waals surface area contributed by atoms with Gasteiger partial charge in [0.1, 0.15) is 28.6 Å². The molecule has 0 spiro atoms. The Morgan fingerprint density at radius 2 is 1.89 bits per heavy atom. The van der Waals surface area contributed by atoms with Crippen LogP contribution in [-0.2, 0) is 11.2 Å². The monoisotopic (exact) mass is 385 g/mol. The number of hydrogen-bond donors (Lipinski definition) is 3. The van der Waals surface area contributed by atoms with E-state index in [1.807, 2.05) is 0 Å². The first-order valence-electron chi connectivity index (χ1n) is 8.34. The van der Waals surface area contributed by atoms with E-state index in [1.165, 1.54) is 20.3 Å². The van der Waals surface area contributed by atoms with Crippen molar-refractivity contribution in [3.8, 4) is 23.0 Å². The average Bonchev–Trinajstić information content (AvgIpc) is 2.64. The van der Waals surface area contributed by atoms with Gasteiger partial charge in [-0.3, -0.25) is 4.79 Å². The summed E-state index contributed by atoms with van der Waals surface area (Å²) in [5.74, 6) is 0.0403. The Bertz CT molecular complexity index is 1120. The third kappa shape index (κ3) is 3.57. The molecule has 146 valence electrons. The van der Waals surface area contributed by atoms with Gasteiger partial charge >= 0.3 is 5.63 Å². The zero-order valence-electron chi connectivity index (χ0n) is 15.5. The van der Waals surface area contributed by atoms with Gasteiger partial charge in [0, 0.05) is 18.2 Å². The molecule has 0 bridgehead atoms. The first kappa shape index (κ1) is 19.1. The molecule has 3 N–H and O–H groups in total. The highest BCUT2D eigenvalue weighted by molar-refractivity contribution is 5.95. The minimum absolute atomic E-state index is 0.0426. The van der Waals surface area contributed by atoms with Crippen molar-refractivity contribution < 1.29 is 28.9 Å². The number of carbonyl (C=O) groups is 1. The van der Waals surface area contributed by atoms with Crippen LogP contribution in [0.1, 0.15) is 11.1 Å². The van der Waals surface area contributed by atoms with E-state index in [-0.39, 0.29) is 34.5 Å². The van der Waals surface area contributed by atoms with Crippen molar-refractivity contribution in [1.29, 1.82) is 0 Å². The van der Waals surface area contributed by atoms with E-state index >= 15 is 0 Å². The van der Waals surface area contributed by atoms with E-state index in [4.69, 9.17) is 13.9 Å². The summed E-state index contributed by atoms with van der Waals surface area (Å²) in [4.78, 5) is 24.8. The van der Waals surface area contributed by atoms with Crippen molar-refractivity contribution >= 4 is 22.6 Å². The minimum Gasteiger partial charge on any atom is -0.508 e. The van der Waals surface area contributed by atoms with E-state index in [9.17, 15) is 19.8 Å². The summed E-state index contributed by atoms with van der Waals surface area (Å²) in [5.41, 5.74) is 0.260. The van der Waals surface area contributed by atoms with Gasteiger partial charge in [-0.15, -0.1) is 0 Å². The van der Waals surface area contributed by atoms with Gasteiger partial charge in [0.15, 0.2) is 0 Å². The van der Waals surface area contributed by atoms with Gasteiger partial charge in [0.2, 0.25) is 5.91 Å². The number of rotatable bonds is 5. The molecule has 8 heteroatoms. The van der Waals surface area contributed by atoms with Gasteiger partial charge in [0.25, 0.3) is 0 Å². The number of carbonyl (C=O) groups excluding carboxylic acids is 1. The Hall–Kier alpha value is -3.68. The second-order valence-corrected chi connectivity index (χ2v) is 6.12. The Labute approximate surface area is 159 Å². The van der Waals surface area contributed by atoms with Crippen LogP contribution in [0, 0.1) is 6.92 Å². The third-order valence-corrected chi connectivity index (χ3v) is 4.36. The van der Waals surface area contributed by atoms with Crippen LogP contribution in [0.15, 0.2) is 39.5 Å². The van der Waals surface area contributed by atoms with Gasteiger partial charge in [-0.25, -0.2) is 4.79 Å². The quantitative estimate of drug-likeness (QED) is 0.578. The maximum absolute atomic E-state index is 12.5. The molecule has 1 aromatic heterocycles. The number of nitrogens with one attached hydrogen (secondary N) is 1. The SMILES string of the molecule is COc1ccc(NC(=O)Cc2c(C)c3c(O)cc(O)cc3oc2=O)c(OC)c1. The summed E-state index contributed by atoms with van der Waals surface area (Å²) in [7, 11) is 2.98. The molecule has 0 radical (unpaired) electrons. The normalized spacial score (nSPS) is 10.7. The fourth-order valence-electron chi connectivity index (χ4n) is 2.97. The summed E-state index contributed by atoms with van der Waals surface area (Å²) in [6.45, 7) is 1.60. The predicted molar refractivity (Wildman–Crippen MR) is 102 cm³/mol. The molecule has 3 aromatic rings. The molecule has 3 rings (SSSR count). The molecular formula is C20H19NO7. The number of ether oxygens (including phenoxy) is 2. The molecule has 0 unspecified atom stereocenters. The third-order valence-electron chi connectivity index (χ3n) is 4.36. The molecule has 1 amide bonds. The molecule has 0 aliphatic carbocycles. The molecule has 0 aliphatic heterocycles. The van der Waals surface area contributed by atoms with Crippen LogP contribution in [0.2, 0.25) is 0 Å². The van der Waals surface area contributed by atoms with Crippen LogP contribution in [0.4, 0.5) is 5.69 Å². The van der Waals surface area contributed by atoms with Crippen LogP contribution in [-0.4, -0.2) is 30.3 Å². The van der Waals surface area contributed by atoms with Crippen LogP contribution >= 0.6 is 0 Å². The zero-order valence-corrected chi connectivity index (χ0v) is 15.5. The average molecular weight is 385 g/mol. The second-order valence-electron chi connectivity index (χ2n) is 6.12. The number of hydrogen-bond acceptors (Lipinski definition) is 7. The summed E-state index contributed by atoms with van der Waals surface area (Å²) in [6, 6.07) is 7.28. The van der Waals surface area contributed by atoms with Gasteiger partial charge in [-0.1, -0.05) is 0 Å². The summed E-state index contributed by atoms with van der Waals surface area (Å²) in [5, 5.41) is 22.6. The molecule has 0 fully saturated rings. The lowest BCUT2D eigenvalue weighted by atomic mass is 10.0. The fourth-order valence-corrected chi connectivity index (χ4v) is 2.97. The van der Waals surface area contributed by atoms with Crippen molar-refractivity contribution in [2.45, 2.75) is 13.3 Å². The first-order valence-corrected chi connectivity index (χ1v) is 8.34. The molecule has 0 saturated carbocycles. The Balaban J connectivity index is 1.93. The van der Waals surface area contributed by atoms with Crippen LogP contribution in [0.5, 0.6) is 23.0 Å². The van der Waals surface area contributed by atoms with Crippen LogP contribution < -0.4 is 20.4 Å². The van der Waals surface area contributed by atoms with Gasteiger partial charge in [0.05, 0.1) is 37.3 Å². The zero-order chi connectivity index (χ0) is 20.4. The number of phenolic OH excluding ortho intramolecular Hbond substituents is 2. The number of anilines is 1. The van der Waals surface area contributed by atoms with Crippen molar-refractivity contribution in [2.24, 2.45) is 0 Å². The topological polar surface area (TPSA) is 118 Å². The fraction of sp³-hybridized carbons (Fsp3) is 0.200. The molecule has 28 heavy (non-hydrogen) atoms. The number of aryl methyl sites for hydroxylation is 1. The Morgan fingerprint density at radius 1 is 1.14 bits per heavy atom. The van der Waals surface area contributed by atoms with E-state index in [1.54, 1.807) is 25.1 Å². The molecule has 0 aliphatic rings. The van der Waals surface area contributed by atoms with Crippen molar-refractivity contribution in [3.05, 3.63) is 51.9 Å². The van der Waals surface area contributed by atoms with E-state index in [0.717, 1.165) is 6.07 Å². The summed E-state index contributed by atoms with van der Waals surface area (Å²) in [6.07, 6.45) is -0.264. The number of benzene rings is 2. The molecule has 1 heterocycles. The Morgan fingerprint density at radius 3 is 2.57 bits per heavy atom. The Kier molecular flexibility index (Phi) is 5.12. The molecular weight excluding hydrogens is 366 g/mol. The number of amides is 1. The maximum Gasteiger partial charge on any atom is 0.340 e. The molecule has 2 aromatic carbocycles. The lowest BCUT2D eigenvalue weighted by molar-refractivity contribution is -0.115. The van der Waals surface area contributed by atoms with Crippen molar-refractivity contribution in [2.75, 3.05) is 19.5 Å². The molecule has 0 atom stereocenters. The van der Waals surface area contributed by atoms with Gasteiger partial charge < -0.3 is 29.4 Å². The standard InChI is InChI=1S/C20H19NO7/c1-10-13(20(25)28-17-7-11(22)6-15(23)19(10)17)9-18(24)21-14-5-4-12(26-2)8-16(14)27-3/h4-8,22-23H,9H2,1-3H3,(H,21,24). The number of aromatic hydroxyl groups is 2. The van der Waals surface area contributed by atoms with E-state index in [2.05, 4.69) is 5.32 Å². The lowest BCUT2D eigenvalue weighted by Gasteiger charge is -2.12. The first-order chi connectivity index (χ1) is 13.3. The predicted octanol–water partition coefficient (Wildman–Crippen LogP) is 2.71. The second kappa shape index (κ2) is 7.51. The smallest absolute Gasteiger partial charge is 0.340 e. The lowest BCUT2D eigenvalue weighted by Crippen LogP contribution is -2.21. The highest BCUT2D eigenvalue weighted by Crippen LogP contribution is 2.33. The minimum atomic E-state index is -0.716. The van der Waals surface area contributed by atoms with Gasteiger partial charge in [-0.2, -0.15) is 0 Å². The number of methoxy groups -OCH3 is 2. The number of phenols is 2. The van der Waals surface area contributed by atoms with E-state index < -0.39 is 11.5 Å². The number of fused-ring (bicyclic) bond motifs is 1. The highest BCUT2D eigenvalue weighted by atomic mass is 16.5. The summed E-state index contributed by atoms with van der Waals surface area (Å²) < 4.78 is 15.5. The molecule has 0 saturated heterocycles. The highest BCUT2D eigenvalue weighted by Gasteiger charge is 2.18. The summed E-state index contributed by atoms with van der Waals surface area (Å²) >= 11 is 0. The van der Waals surface area contributed by atoms with Crippen LogP contribution in [0.25, 0.3) is 11.0 Å². The van der Waals surface area contributed by atoms with E-state index in [0.29, 0.717) is 22.7 Å². The van der Waals surface area contributed by atoms with Crippen LogP contribution in [0.3, 0.4) is 0 Å². The largest absolute Gasteiger partial charge is 0.508 e. The van der Waals surface area contributed by atoms with Crippen molar-refractivity contribution in [1.82, 2.24) is 0 Å². The maximum atomic E-state index is 12.5. The molecule has 8 nitrogen and oxygen atoms in total. The van der Waals surface area contributed by atoms with Gasteiger partial charge in [-0.05, 0) is 24.6 Å². The van der Waals surface area contributed by atoms with Crippen molar-refractivity contribution in [3.63, 3.8) is 0 Å².